The van der Waals surface area contributed by atoms with E-state index >= 15 is 0 Å². The van der Waals surface area contributed by atoms with Crippen molar-refractivity contribution in [1.82, 2.24) is 0 Å². The molecule has 1 amide bonds. The number of primary amides is 1. The lowest BCUT2D eigenvalue weighted by atomic mass is 9.95. The third-order valence-corrected chi connectivity index (χ3v) is 3.21. The molecule has 5 heteroatoms. The Balaban J connectivity index is 2.02. The van der Waals surface area contributed by atoms with Crippen molar-refractivity contribution < 1.29 is 19.1 Å². The van der Waals surface area contributed by atoms with Gasteiger partial charge in [-0.05, 0) is 42.8 Å². The lowest BCUT2D eigenvalue weighted by Crippen LogP contribution is -2.20. The summed E-state index contributed by atoms with van der Waals surface area (Å²) in [6, 6.07) is 6.01. The van der Waals surface area contributed by atoms with Crippen LogP contribution in [-0.4, -0.2) is 17.7 Å². The number of hydrogen-bond acceptors (Lipinski definition) is 4. The van der Waals surface area contributed by atoms with Crippen LogP contribution in [0.4, 0.5) is 0 Å². The third-order valence-electron chi connectivity index (χ3n) is 3.21. The summed E-state index contributed by atoms with van der Waals surface area (Å²) >= 11 is 0. The van der Waals surface area contributed by atoms with Crippen LogP contribution in [0.2, 0.25) is 0 Å². The van der Waals surface area contributed by atoms with Crippen LogP contribution in [0.5, 0.6) is 5.75 Å². The predicted molar refractivity (Wildman–Crippen MR) is 76.6 cm³/mol. The number of esters is 1. The molecule has 1 aromatic carbocycles. The van der Waals surface area contributed by atoms with E-state index in [2.05, 4.69) is 0 Å². The fourth-order valence-electron chi connectivity index (χ4n) is 1.89. The highest BCUT2D eigenvalue weighted by molar-refractivity contribution is 5.94. The minimum absolute atomic E-state index is 0.0151. The van der Waals surface area contributed by atoms with Crippen LogP contribution in [0.1, 0.15) is 23.7 Å². The summed E-state index contributed by atoms with van der Waals surface area (Å²) in [5.41, 5.74) is 6.24. The van der Waals surface area contributed by atoms with Gasteiger partial charge < -0.3 is 10.5 Å². The van der Waals surface area contributed by atoms with E-state index in [-0.39, 0.29) is 5.78 Å². The third kappa shape index (κ3) is 3.66. The highest BCUT2D eigenvalue weighted by Crippen LogP contribution is 2.20. The van der Waals surface area contributed by atoms with E-state index in [1.807, 2.05) is 0 Å². The molecular weight excluding hydrogens is 270 g/mol. The first kappa shape index (κ1) is 14.7. The highest BCUT2D eigenvalue weighted by atomic mass is 16.5. The molecule has 0 saturated heterocycles. The smallest absolute Gasteiger partial charge is 0.318 e. The highest BCUT2D eigenvalue weighted by Gasteiger charge is 2.20. The molecule has 1 aliphatic carbocycles. The van der Waals surface area contributed by atoms with E-state index < -0.39 is 17.8 Å². The molecule has 0 bridgehead atoms. The quantitative estimate of drug-likeness (QED) is 0.675. The van der Waals surface area contributed by atoms with Gasteiger partial charge in [-0.3, -0.25) is 14.4 Å². The molecule has 0 radical (unpaired) electrons. The Morgan fingerprint density at radius 3 is 2.38 bits per heavy atom. The molecule has 108 valence electrons. The van der Waals surface area contributed by atoms with Crippen molar-refractivity contribution in [2.45, 2.75) is 13.3 Å². The summed E-state index contributed by atoms with van der Waals surface area (Å²) in [5, 5.41) is 0. The van der Waals surface area contributed by atoms with E-state index in [0.29, 0.717) is 17.7 Å². The van der Waals surface area contributed by atoms with Gasteiger partial charge in [0.1, 0.15) is 5.75 Å². The van der Waals surface area contributed by atoms with Gasteiger partial charge in [0, 0.05) is 12.0 Å². The summed E-state index contributed by atoms with van der Waals surface area (Å²) in [5.74, 6) is -1.07. The molecule has 0 aromatic heterocycles. The van der Waals surface area contributed by atoms with Gasteiger partial charge in [0.2, 0.25) is 5.91 Å². The topological polar surface area (TPSA) is 86.5 Å². The first-order valence-corrected chi connectivity index (χ1v) is 6.50. The lowest BCUT2D eigenvalue weighted by molar-refractivity contribution is -0.137. The largest absolute Gasteiger partial charge is 0.426 e. The maximum atomic E-state index is 12.0. The van der Waals surface area contributed by atoms with Crippen molar-refractivity contribution in [2.75, 3.05) is 0 Å². The van der Waals surface area contributed by atoms with Crippen molar-refractivity contribution in [2.24, 2.45) is 11.7 Å². The maximum Gasteiger partial charge on any atom is 0.318 e. The maximum absolute atomic E-state index is 12.0. The van der Waals surface area contributed by atoms with Crippen molar-refractivity contribution >= 4 is 17.7 Å². The molecule has 5 nitrogen and oxygen atoms in total. The normalized spacial score (nSPS) is 15.3. The van der Waals surface area contributed by atoms with Crippen LogP contribution in [0.25, 0.3) is 0 Å². The minimum atomic E-state index is -0.539. The number of rotatable bonds is 4. The van der Waals surface area contributed by atoms with Crippen LogP contribution >= 0.6 is 0 Å². The lowest BCUT2D eigenvalue weighted by Gasteiger charge is -2.14. The summed E-state index contributed by atoms with van der Waals surface area (Å²) in [4.78, 5) is 34.1. The van der Waals surface area contributed by atoms with Crippen molar-refractivity contribution in [3.8, 4) is 5.75 Å². The number of benzene rings is 1. The predicted octanol–water partition coefficient (Wildman–Crippen LogP) is 1.78. The fourth-order valence-corrected chi connectivity index (χ4v) is 1.89. The van der Waals surface area contributed by atoms with Gasteiger partial charge in [-0.2, -0.15) is 0 Å². The molecule has 1 unspecified atom stereocenters. The Bertz CT molecular complexity index is 641. The number of carbonyl (C=O) groups excluding carboxylic acids is 3. The molecule has 0 heterocycles. The molecule has 21 heavy (non-hydrogen) atoms. The fraction of sp³-hybridized carbons (Fsp3) is 0.188. The zero-order valence-electron chi connectivity index (χ0n) is 11.5. The summed E-state index contributed by atoms with van der Waals surface area (Å²) in [7, 11) is 0. The molecular formula is C16H15NO4. The number of hydrogen-bond donors (Lipinski definition) is 1. The van der Waals surface area contributed by atoms with Crippen LogP contribution in [0.15, 0.2) is 48.1 Å². The number of allylic oxidation sites excluding steroid dienone is 3. The van der Waals surface area contributed by atoms with Crippen LogP contribution in [0, 0.1) is 5.92 Å². The first-order valence-electron chi connectivity index (χ1n) is 6.50. The van der Waals surface area contributed by atoms with E-state index in [1.165, 1.54) is 30.3 Å². The number of ketones is 1. The second-order valence-corrected chi connectivity index (χ2v) is 4.74. The number of nitrogens with two attached hydrogens (primary N) is 1. The molecule has 2 N–H and O–H groups in total. The first-order chi connectivity index (χ1) is 9.97. The minimum Gasteiger partial charge on any atom is -0.426 e. The summed E-state index contributed by atoms with van der Waals surface area (Å²) < 4.78 is 5.24. The Morgan fingerprint density at radius 1 is 1.19 bits per heavy atom. The zero-order valence-corrected chi connectivity index (χ0v) is 11.5. The number of ether oxygens (including phenoxy) is 1. The second-order valence-electron chi connectivity index (χ2n) is 4.74. The van der Waals surface area contributed by atoms with Gasteiger partial charge in [0.15, 0.2) is 5.78 Å². The Morgan fingerprint density at radius 2 is 1.86 bits per heavy atom. The molecule has 1 aromatic rings. The molecule has 0 saturated carbocycles. The summed E-state index contributed by atoms with van der Waals surface area (Å²) in [6.07, 6.45) is 5.12. The van der Waals surface area contributed by atoms with E-state index in [0.717, 1.165) is 5.57 Å². The van der Waals surface area contributed by atoms with E-state index in [9.17, 15) is 14.4 Å². The summed E-state index contributed by atoms with van der Waals surface area (Å²) in [6.45, 7) is 1.71. The van der Waals surface area contributed by atoms with E-state index in [1.54, 1.807) is 19.1 Å². The number of amides is 1. The van der Waals surface area contributed by atoms with Gasteiger partial charge in [-0.25, -0.2) is 0 Å². The van der Waals surface area contributed by atoms with Crippen molar-refractivity contribution in [3.63, 3.8) is 0 Å². The van der Waals surface area contributed by atoms with Crippen LogP contribution in [0.3, 0.4) is 0 Å². The van der Waals surface area contributed by atoms with Crippen LogP contribution < -0.4 is 10.5 Å². The Hall–Kier alpha value is -2.69. The Kier molecular flexibility index (Phi) is 4.33. The SMILES string of the molecule is CC(C(=O)Oc1ccc(C(N)=O)cc1)C1=CCC(=O)C=C1. The zero-order chi connectivity index (χ0) is 15.4. The Labute approximate surface area is 122 Å². The number of carbonyl (C=O) groups is 3. The monoisotopic (exact) mass is 285 g/mol. The van der Waals surface area contributed by atoms with Crippen molar-refractivity contribution in [1.29, 1.82) is 0 Å². The average molecular weight is 285 g/mol. The van der Waals surface area contributed by atoms with Gasteiger partial charge in [0.25, 0.3) is 0 Å². The molecule has 0 spiro atoms. The van der Waals surface area contributed by atoms with Crippen molar-refractivity contribution in [3.05, 3.63) is 53.6 Å². The van der Waals surface area contributed by atoms with E-state index in [4.69, 9.17) is 10.5 Å². The average Bonchev–Trinajstić information content (AvgIpc) is 2.47. The van der Waals surface area contributed by atoms with Crippen LogP contribution in [-0.2, 0) is 9.59 Å². The molecule has 0 fully saturated rings. The standard InChI is InChI=1S/C16H15NO4/c1-10(11-2-6-13(18)7-3-11)16(20)21-14-8-4-12(5-9-14)15(17)19/h2-6,8-10H,7H2,1H3,(H2,17,19). The molecule has 1 aliphatic rings. The molecule has 2 rings (SSSR count). The van der Waals surface area contributed by atoms with Gasteiger partial charge >= 0.3 is 5.97 Å². The molecule has 0 aliphatic heterocycles. The molecule has 1 atom stereocenters. The van der Waals surface area contributed by atoms with Gasteiger partial charge in [-0.15, -0.1) is 0 Å². The van der Waals surface area contributed by atoms with Gasteiger partial charge in [-0.1, -0.05) is 12.2 Å². The van der Waals surface area contributed by atoms with Gasteiger partial charge in [0.05, 0.1) is 5.92 Å². The second kappa shape index (κ2) is 6.17.